The maximum Gasteiger partial charge on any atom is 0.242 e. The summed E-state index contributed by atoms with van der Waals surface area (Å²) < 4.78 is 14.3. The van der Waals surface area contributed by atoms with Crippen LogP contribution in [0.25, 0.3) is 0 Å². The van der Waals surface area contributed by atoms with Gasteiger partial charge in [-0.05, 0) is 43.5 Å². The van der Waals surface area contributed by atoms with Gasteiger partial charge in [0.1, 0.15) is 11.9 Å². The van der Waals surface area contributed by atoms with Crippen LogP contribution in [-0.4, -0.2) is 34.6 Å². The van der Waals surface area contributed by atoms with Crippen LogP contribution in [0.15, 0.2) is 42.5 Å². The number of carbonyl (C=O) groups is 2. The largest absolute Gasteiger partial charge is 0.352 e. The molecule has 4 nitrogen and oxygen atoms in total. The summed E-state index contributed by atoms with van der Waals surface area (Å²) >= 11 is 13.6. The van der Waals surface area contributed by atoms with Gasteiger partial charge in [-0.3, -0.25) is 9.59 Å². The fraction of sp³-hybridized carbons (Fsp3) is 0.417. The molecule has 0 spiro atoms. The highest BCUT2D eigenvalue weighted by molar-refractivity contribution is 7.99. The minimum atomic E-state index is -0.706. The van der Waals surface area contributed by atoms with E-state index in [1.807, 2.05) is 6.07 Å². The Labute approximate surface area is 202 Å². The molecule has 0 aliphatic heterocycles. The van der Waals surface area contributed by atoms with Crippen molar-refractivity contribution in [3.8, 4) is 0 Å². The van der Waals surface area contributed by atoms with E-state index in [1.165, 1.54) is 22.7 Å². The highest BCUT2D eigenvalue weighted by Crippen LogP contribution is 2.25. The van der Waals surface area contributed by atoms with E-state index in [0.29, 0.717) is 21.4 Å². The summed E-state index contributed by atoms with van der Waals surface area (Å²) in [6.07, 6.45) is 4.11. The van der Waals surface area contributed by atoms with Gasteiger partial charge in [0, 0.05) is 33.9 Å². The molecule has 1 fully saturated rings. The van der Waals surface area contributed by atoms with E-state index in [0.717, 1.165) is 31.2 Å². The van der Waals surface area contributed by atoms with Gasteiger partial charge in [-0.25, -0.2) is 4.39 Å². The lowest BCUT2D eigenvalue weighted by Crippen LogP contribution is -2.50. The van der Waals surface area contributed by atoms with Gasteiger partial charge in [0.05, 0.1) is 5.75 Å². The number of amides is 2. The van der Waals surface area contributed by atoms with E-state index in [-0.39, 0.29) is 30.2 Å². The third-order valence-electron chi connectivity index (χ3n) is 5.67. The van der Waals surface area contributed by atoms with Gasteiger partial charge in [0.25, 0.3) is 0 Å². The third kappa shape index (κ3) is 6.87. The number of carbonyl (C=O) groups excluding carboxylic acids is 2. The first-order chi connectivity index (χ1) is 15.3. The standard InChI is InChI=1S/C24H27Cl2FN2O2S/c1-16(24(31)28-20-7-3-4-8-20)29(13-17-6-2-5-9-22(17)27)23(30)15-32-14-18-10-11-19(25)12-21(18)26/h2,5-6,9-12,16,20H,3-4,7-8,13-15H2,1H3,(H,28,31)/t16-/m0/s1. The summed E-state index contributed by atoms with van der Waals surface area (Å²) in [6, 6.07) is 11.0. The summed E-state index contributed by atoms with van der Waals surface area (Å²) in [5.74, 6) is -0.147. The Morgan fingerprint density at radius 3 is 2.56 bits per heavy atom. The molecule has 0 unspecified atom stereocenters. The molecule has 2 aromatic carbocycles. The van der Waals surface area contributed by atoms with E-state index >= 15 is 0 Å². The Hall–Kier alpha value is -1.76. The maximum absolute atomic E-state index is 14.3. The van der Waals surface area contributed by atoms with Crippen molar-refractivity contribution in [3.63, 3.8) is 0 Å². The Morgan fingerprint density at radius 1 is 1.16 bits per heavy atom. The molecule has 1 atom stereocenters. The Bertz CT molecular complexity index is 953. The van der Waals surface area contributed by atoms with Crippen molar-refractivity contribution < 1.29 is 14.0 Å². The molecule has 0 bridgehead atoms. The van der Waals surface area contributed by atoms with E-state index in [2.05, 4.69) is 5.32 Å². The van der Waals surface area contributed by atoms with Crippen LogP contribution in [0.2, 0.25) is 10.0 Å². The lowest BCUT2D eigenvalue weighted by molar-refractivity contribution is -0.139. The lowest BCUT2D eigenvalue weighted by atomic mass is 10.1. The first-order valence-corrected chi connectivity index (χ1v) is 12.6. The molecule has 0 saturated heterocycles. The Balaban J connectivity index is 1.67. The number of hydrogen-bond acceptors (Lipinski definition) is 3. The molecule has 1 N–H and O–H groups in total. The average molecular weight is 497 g/mol. The second-order valence-electron chi connectivity index (χ2n) is 8.01. The van der Waals surface area contributed by atoms with Crippen molar-refractivity contribution in [3.05, 3.63) is 69.5 Å². The average Bonchev–Trinajstić information content (AvgIpc) is 3.27. The van der Waals surface area contributed by atoms with Gasteiger partial charge in [0.15, 0.2) is 0 Å². The fourth-order valence-corrected chi connectivity index (χ4v) is 5.22. The van der Waals surface area contributed by atoms with E-state index in [4.69, 9.17) is 23.2 Å². The van der Waals surface area contributed by atoms with Crippen molar-refractivity contribution in [2.75, 3.05) is 5.75 Å². The van der Waals surface area contributed by atoms with Gasteiger partial charge >= 0.3 is 0 Å². The number of thioether (sulfide) groups is 1. The van der Waals surface area contributed by atoms with Crippen LogP contribution >= 0.6 is 35.0 Å². The lowest BCUT2D eigenvalue weighted by Gasteiger charge is -2.30. The van der Waals surface area contributed by atoms with Crippen LogP contribution in [0.4, 0.5) is 4.39 Å². The molecule has 3 rings (SSSR count). The summed E-state index contributed by atoms with van der Waals surface area (Å²) in [5.41, 5.74) is 1.26. The zero-order chi connectivity index (χ0) is 23.1. The number of halogens is 3. The van der Waals surface area contributed by atoms with Crippen molar-refractivity contribution in [1.82, 2.24) is 10.2 Å². The molecule has 1 saturated carbocycles. The highest BCUT2D eigenvalue weighted by Gasteiger charge is 2.29. The van der Waals surface area contributed by atoms with Crippen molar-refractivity contribution in [2.45, 2.75) is 57.0 Å². The molecule has 2 amide bonds. The molecule has 0 aromatic heterocycles. The number of nitrogens with one attached hydrogen (secondary N) is 1. The molecule has 1 aliphatic rings. The van der Waals surface area contributed by atoms with Crippen LogP contribution in [0.5, 0.6) is 0 Å². The van der Waals surface area contributed by atoms with Crippen LogP contribution in [0, 0.1) is 5.82 Å². The van der Waals surface area contributed by atoms with Gasteiger partial charge in [-0.2, -0.15) is 0 Å². The van der Waals surface area contributed by atoms with Crippen molar-refractivity contribution in [2.24, 2.45) is 0 Å². The number of benzene rings is 2. The molecular weight excluding hydrogens is 470 g/mol. The monoisotopic (exact) mass is 496 g/mol. The Morgan fingerprint density at radius 2 is 1.88 bits per heavy atom. The fourth-order valence-electron chi connectivity index (χ4n) is 3.75. The third-order valence-corrected chi connectivity index (χ3v) is 7.22. The second-order valence-corrected chi connectivity index (χ2v) is 9.84. The van der Waals surface area contributed by atoms with Crippen LogP contribution in [-0.2, 0) is 21.9 Å². The van der Waals surface area contributed by atoms with E-state index in [9.17, 15) is 14.0 Å². The minimum Gasteiger partial charge on any atom is -0.352 e. The predicted molar refractivity (Wildman–Crippen MR) is 129 cm³/mol. The summed E-state index contributed by atoms with van der Waals surface area (Å²) in [6.45, 7) is 1.73. The maximum atomic E-state index is 14.3. The molecule has 0 radical (unpaired) electrons. The predicted octanol–water partition coefficient (Wildman–Crippen LogP) is 5.84. The number of hydrogen-bond donors (Lipinski definition) is 1. The molecular formula is C24H27Cl2FN2O2S. The van der Waals surface area contributed by atoms with Gasteiger partial charge in [-0.1, -0.05) is 60.3 Å². The zero-order valence-corrected chi connectivity index (χ0v) is 20.3. The molecule has 8 heteroatoms. The highest BCUT2D eigenvalue weighted by atomic mass is 35.5. The molecule has 2 aromatic rings. The van der Waals surface area contributed by atoms with Crippen molar-refractivity contribution in [1.29, 1.82) is 0 Å². The van der Waals surface area contributed by atoms with Crippen LogP contribution in [0.1, 0.15) is 43.7 Å². The summed E-state index contributed by atoms with van der Waals surface area (Å²) in [7, 11) is 0. The minimum absolute atomic E-state index is 0.0347. The summed E-state index contributed by atoms with van der Waals surface area (Å²) in [4.78, 5) is 27.4. The van der Waals surface area contributed by atoms with Crippen molar-refractivity contribution >= 4 is 46.8 Å². The Kier molecular flexibility index (Phi) is 9.26. The smallest absolute Gasteiger partial charge is 0.242 e. The van der Waals surface area contributed by atoms with Crippen LogP contribution < -0.4 is 5.32 Å². The quantitative estimate of drug-likeness (QED) is 0.474. The number of rotatable bonds is 9. The van der Waals surface area contributed by atoms with Gasteiger partial charge in [0.2, 0.25) is 11.8 Å². The zero-order valence-electron chi connectivity index (χ0n) is 18.0. The number of nitrogens with zero attached hydrogens (tertiary/aromatic N) is 1. The van der Waals surface area contributed by atoms with E-state index in [1.54, 1.807) is 37.3 Å². The summed E-state index contributed by atoms with van der Waals surface area (Å²) in [5, 5.41) is 4.15. The molecule has 32 heavy (non-hydrogen) atoms. The SMILES string of the molecule is C[C@@H](C(=O)NC1CCCC1)N(Cc1ccccc1F)C(=O)CSCc1ccc(Cl)cc1Cl. The van der Waals surface area contributed by atoms with Crippen LogP contribution in [0.3, 0.4) is 0 Å². The first-order valence-electron chi connectivity index (χ1n) is 10.7. The molecule has 0 heterocycles. The normalized spacial score (nSPS) is 14.9. The molecule has 172 valence electrons. The van der Waals surface area contributed by atoms with Gasteiger partial charge < -0.3 is 10.2 Å². The second kappa shape index (κ2) is 11.9. The first kappa shape index (κ1) is 24.9. The van der Waals surface area contributed by atoms with Gasteiger partial charge in [-0.15, -0.1) is 11.8 Å². The topological polar surface area (TPSA) is 49.4 Å². The molecule has 1 aliphatic carbocycles. The van der Waals surface area contributed by atoms with E-state index < -0.39 is 11.9 Å².